The highest BCUT2D eigenvalue weighted by Crippen LogP contribution is 2.38. The van der Waals surface area contributed by atoms with Gasteiger partial charge in [0, 0.05) is 23.0 Å². The maximum atomic E-state index is 14.6. The first kappa shape index (κ1) is 25.6. The molecule has 1 unspecified atom stereocenters. The Labute approximate surface area is 217 Å². The number of amides is 1. The number of primary amides is 1. The zero-order valence-electron chi connectivity index (χ0n) is 20.4. The smallest absolute Gasteiger partial charge is 0.224 e. The summed E-state index contributed by atoms with van der Waals surface area (Å²) in [6, 6.07) is 1.96. The van der Waals surface area contributed by atoms with E-state index in [1.807, 2.05) is 11.5 Å². The van der Waals surface area contributed by atoms with Crippen molar-refractivity contribution < 1.29 is 18.7 Å². The van der Waals surface area contributed by atoms with Gasteiger partial charge >= 0.3 is 0 Å². The number of benzene rings is 1. The number of nitrogens with one attached hydrogen (secondary N) is 2. The largest absolute Gasteiger partial charge is 0.393 e. The van der Waals surface area contributed by atoms with Crippen LogP contribution in [0.1, 0.15) is 57.9 Å². The Morgan fingerprint density at radius 3 is 2.49 bits per heavy atom. The zero-order valence-corrected chi connectivity index (χ0v) is 21.2. The zero-order chi connectivity index (χ0) is 26.3. The van der Waals surface area contributed by atoms with Gasteiger partial charge in [0.15, 0.2) is 17.3 Å². The number of hydrogen-bond donors (Lipinski definition) is 4. The van der Waals surface area contributed by atoms with Crippen LogP contribution in [0.3, 0.4) is 0 Å². The molecular weight excluding hydrogens is 504 g/mol. The Balaban J connectivity index is 1.50. The second-order valence-corrected chi connectivity index (χ2v) is 10.6. The maximum absolute atomic E-state index is 14.6. The standard InChI is InChI=1S/C25H30ClF2N7O2/c1-12-2-5-15(10-20(12)36)31-24-30-11-19-23(34-24)35(16-6-3-13(4-7-16)22(29)37)25(32-19)33-21-17(27)8-14(26)9-18(21)28/h8-9,11-13,15-16,20,36H,2-7,10H2,1H3,(H2,29,37)(H,32,33)(H,30,31,34)/t12-,13-,15?,16+,20-/m1/s1. The lowest BCUT2D eigenvalue weighted by Gasteiger charge is -2.31. The molecule has 9 nitrogen and oxygen atoms in total. The van der Waals surface area contributed by atoms with Gasteiger partial charge in [-0.25, -0.2) is 18.7 Å². The summed E-state index contributed by atoms with van der Waals surface area (Å²) in [5.41, 5.74) is 6.10. The molecule has 2 aliphatic carbocycles. The molecule has 3 atom stereocenters. The predicted molar refractivity (Wildman–Crippen MR) is 137 cm³/mol. The number of anilines is 3. The van der Waals surface area contributed by atoms with Crippen LogP contribution in [0, 0.1) is 23.5 Å². The number of imidazole rings is 1. The number of rotatable bonds is 6. The summed E-state index contributed by atoms with van der Waals surface area (Å²) in [5.74, 6) is -1.37. The van der Waals surface area contributed by atoms with Gasteiger partial charge in [0.1, 0.15) is 11.2 Å². The van der Waals surface area contributed by atoms with E-state index in [2.05, 4.69) is 20.6 Å². The summed E-state index contributed by atoms with van der Waals surface area (Å²) in [5, 5.41) is 16.3. The maximum Gasteiger partial charge on any atom is 0.224 e. The Hall–Kier alpha value is -3.05. The minimum atomic E-state index is -0.848. The van der Waals surface area contributed by atoms with Crippen molar-refractivity contribution in [1.82, 2.24) is 19.5 Å². The monoisotopic (exact) mass is 533 g/mol. The van der Waals surface area contributed by atoms with Crippen LogP contribution in [0.4, 0.5) is 26.4 Å². The first-order valence-corrected chi connectivity index (χ1v) is 13.0. The third-order valence-corrected chi connectivity index (χ3v) is 7.85. The quantitative estimate of drug-likeness (QED) is 0.362. The molecule has 198 valence electrons. The molecule has 0 bridgehead atoms. The van der Waals surface area contributed by atoms with Crippen molar-refractivity contribution >= 4 is 46.3 Å². The van der Waals surface area contributed by atoms with Gasteiger partial charge in [-0.1, -0.05) is 18.5 Å². The molecule has 0 saturated heterocycles. The van der Waals surface area contributed by atoms with E-state index in [-0.39, 0.29) is 52.6 Å². The molecule has 1 aromatic carbocycles. The molecule has 0 aliphatic heterocycles. The number of fused-ring (bicyclic) bond motifs is 1. The van der Waals surface area contributed by atoms with Gasteiger partial charge in [0.25, 0.3) is 0 Å². The molecule has 0 radical (unpaired) electrons. The van der Waals surface area contributed by atoms with Gasteiger partial charge in [-0.05, 0) is 63.0 Å². The first-order valence-electron chi connectivity index (χ1n) is 12.6. The molecule has 2 heterocycles. The van der Waals surface area contributed by atoms with E-state index in [1.165, 1.54) is 0 Å². The second kappa shape index (κ2) is 10.4. The fourth-order valence-electron chi connectivity index (χ4n) is 5.40. The normalized spacial score (nSPS) is 26.2. The lowest BCUT2D eigenvalue weighted by Crippen LogP contribution is -2.35. The molecule has 5 N–H and O–H groups in total. The minimum absolute atomic E-state index is 0.0286. The molecule has 5 rings (SSSR count). The molecule has 0 spiro atoms. The third-order valence-electron chi connectivity index (χ3n) is 7.63. The number of nitrogens with two attached hydrogens (primary N) is 1. The van der Waals surface area contributed by atoms with Gasteiger partial charge < -0.3 is 21.5 Å². The molecule has 2 saturated carbocycles. The Kier molecular flexibility index (Phi) is 7.17. The summed E-state index contributed by atoms with van der Waals surface area (Å²) in [6.07, 6.45) is 6.00. The van der Waals surface area contributed by atoms with Crippen molar-refractivity contribution in [2.75, 3.05) is 10.6 Å². The average molecular weight is 534 g/mol. The molecule has 2 aliphatic rings. The van der Waals surface area contributed by atoms with Gasteiger partial charge in [-0.15, -0.1) is 0 Å². The van der Waals surface area contributed by atoms with Crippen molar-refractivity contribution in [2.24, 2.45) is 17.6 Å². The van der Waals surface area contributed by atoms with Crippen LogP contribution in [-0.4, -0.2) is 42.7 Å². The van der Waals surface area contributed by atoms with Crippen molar-refractivity contribution in [3.63, 3.8) is 0 Å². The number of hydrogen-bond acceptors (Lipinski definition) is 7. The van der Waals surface area contributed by atoms with Crippen LogP contribution in [0.2, 0.25) is 5.02 Å². The Bertz CT molecular complexity index is 1290. The molecule has 2 aromatic heterocycles. The summed E-state index contributed by atoms with van der Waals surface area (Å²) < 4.78 is 31.1. The Morgan fingerprint density at radius 2 is 1.84 bits per heavy atom. The molecule has 2 fully saturated rings. The predicted octanol–water partition coefficient (Wildman–Crippen LogP) is 4.68. The highest BCUT2D eigenvalue weighted by atomic mass is 35.5. The SMILES string of the molecule is C[C@@H]1CCC(Nc2ncc3nc(Nc4c(F)cc(Cl)cc4F)n([C@H]4CC[C@@H](C(N)=O)CC4)c3n2)C[C@H]1O. The first-order chi connectivity index (χ1) is 17.7. The number of carbonyl (C=O) groups is 1. The fourth-order valence-corrected chi connectivity index (χ4v) is 5.59. The number of nitrogens with zero attached hydrogens (tertiary/aromatic N) is 4. The number of aromatic nitrogens is 4. The van der Waals surface area contributed by atoms with E-state index in [0.29, 0.717) is 49.2 Å². The number of halogens is 3. The summed E-state index contributed by atoms with van der Waals surface area (Å²) in [7, 11) is 0. The second-order valence-electron chi connectivity index (χ2n) is 10.2. The van der Waals surface area contributed by atoms with Crippen molar-refractivity contribution in [2.45, 2.75) is 70.1 Å². The van der Waals surface area contributed by atoms with Crippen molar-refractivity contribution in [3.8, 4) is 0 Å². The van der Waals surface area contributed by atoms with Crippen LogP contribution in [-0.2, 0) is 4.79 Å². The number of aliphatic hydroxyl groups is 1. The highest BCUT2D eigenvalue weighted by molar-refractivity contribution is 6.30. The van der Waals surface area contributed by atoms with E-state index in [4.69, 9.17) is 22.3 Å². The fraction of sp³-hybridized carbons (Fsp3) is 0.520. The van der Waals surface area contributed by atoms with Gasteiger partial charge in [0.2, 0.25) is 17.8 Å². The summed E-state index contributed by atoms with van der Waals surface area (Å²) in [6.45, 7) is 2.04. The third kappa shape index (κ3) is 5.33. The van der Waals surface area contributed by atoms with E-state index in [9.17, 15) is 18.7 Å². The minimum Gasteiger partial charge on any atom is -0.393 e. The van der Waals surface area contributed by atoms with E-state index in [1.54, 1.807) is 6.20 Å². The average Bonchev–Trinajstić information content (AvgIpc) is 3.21. The summed E-state index contributed by atoms with van der Waals surface area (Å²) in [4.78, 5) is 25.4. The molecule has 37 heavy (non-hydrogen) atoms. The van der Waals surface area contributed by atoms with Gasteiger partial charge in [-0.3, -0.25) is 9.36 Å². The molecule has 12 heteroatoms. The van der Waals surface area contributed by atoms with Gasteiger partial charge in [0.05, 0.1) is 12.3 Å². The van der Waals surface area contributed by atoms with E-state index >= 15 is 0 Å². The van der Waals surface area contributed by atoms with Gasteiger partial charge in [-0.2, -0.15) is 4.98 Å². The van der Waals surface area contributed by atoms with Crippen LogP contribution < -0.4 is 16.4 Å². The van der Waals surface area contributed by atoms with E-state index < -0.39 is 11.6 Å². The number of carbonyl (C=O) groups excluding carboxylic acids is 1. The van der Waals surface area contributed by atoms with Crippen LogP contribution in [0.25, 0.3) is 11.2 Å². The summed E-state index contributed by atoms with van der Waals surface area (Å²) >= 11 is 5.79. The molecule has 1 amide bonds. The number of aliphatic hydroxyl groups excluding tert-OH is 1. The van der Waals surface area contributed by atoms with E-state index in [0.717, 1.165) is 25.0 Å². The highest BCUT2D eigenvalue weighted by Gasteiger charge is 2.30. The molecule has 3 aromatic rings. The van der Waals surface area contributed by atoms with Crippen LogP contribution in [0.5, 0.6) is 0 Å². The topological polar surface area (TPSA) is 131 Å². The van der Waals surface area contributed by atoms with Crippen LogP contribution in [0.15, 0.2) is 18.3 Å². The van der Waals surface area contributed by atoms with Crippen LogP contribution >= 0.6 is 11.6 Å². The van der Waals surface area contributed by atoms with Crippen molar-refractivity contribution in [1.29, 1.82) is 0 Å². The molecular formula is C25H30ClF2N7O2. The lowest BCUT2D eigenvalue weighted by atomic mass is 9.85. The van der Waals surface area contributed by atoms with Crippen molar-refractivity contribution in [3.05, 3.63) is 35.0 Å². The Morgan fingerprint density at radius 1 is 1.14 bits per heavy atom. The lowest BCUT2D eigenvalue weighted by molar-refractivity contribution is -0.122.